The zero-order valence-corrected chi connectivity index (χ0v) is 12.3. The van der Waals surface area contributed by atoms with E-state index in [1.807, 2.05) is 0 Å². The van der Waals surface area contributed by atoms with E-state index in [2.05, 4.69) is 43.4 Å². The third-order valence-corrected chi connectivity index (χ3v) is 4.05. The maximum absolute atomic E-state index is 5.51. The fourth-order valence-electron chi connectivity index (χ4n) is 2.86. The number of ether oxygens (including phenoxy) is 1. The second-order valence-electron chi connectivity index (χ2n) is 5.75. The van der Waals surface area contributed by atoms with Gasteiger partial charge in [0.05, 0.1) is 0 Å². The average molecular weight is 261 g/mol. The molecule has 0 amide bonds. The minimum Gasteiger partial charge on any atom is -0.381 e. The van der Waals surface area contributed by atoms with Gasteiger partial charge in [-0.3, -0.25) is 0 Å². The summed E-state index contributed by atoms with van der Waals surface area (Å²) in [7, 11) is 0. The van der Waals surface area contributed by atoms with Gasteiger partial charge in [-0.05, 0) is 56.2 Å². The molecule has 1 heterocycles. The van der Waals surface area contributed by atoms with Gasteiger partial charge in [-0.1, -0.05) is 31.2 Å². The minimum absolute atomic E-state index is 0.591. The van der Waals surface area contributed by atoms with Gasteiger partial charge in [-0.2, -0.15) is 0 Å². The van der Waals surface area contributed by atoms with Crippen molar-refractivity contribution in [3.63, 3.8) is 0 Å². The number of aryl methyl sites for hydroxylation is 1. The smallest absolute Gasteiger partial charge is 0.0495 e. The monoisotopic (exact) mass is 261 g/mol. The fourth-order valence-corrected chi connectivity index (χ4v) is 2.86. The van der Waals surface area contributed by atoms with Gasteiger partial charge >= 0.3 is 0 Å². The van der Waals surface area contributed by atoms with Gasteiger partial charge in [0.2, 0.25) is 0 Å². The zero-order valence-electron chi connectivity index (χ0n) is 12.3. The molecule has 0 aromatic heterocycles. The molecule has 1 saturated heterocycles. The van der Waals surface area contributed by atoms with Crippen LogP contribution in [0.2, 0.25) is 0 Å². The Kier molecular flexibility index (Phi) is 5.87. The summed E-state index contributed by atoms with van der Waals surface area (Å²) >= 11 is 0. The van der Waals surface area contributed by atoms with E-state index in [9.17, 15) is 0 Å². The Hall–Kier alpha value is -0.860. The second kappa shape index (κ2) is 7.66. The second-order valence-corrected chi connectivity index (χ2v) is 5.75. The highest BCUT2D eigenvalue weighted by atomic mass is 16.5. The van der Waals surface area contributed by atoms with E-state index in [1.54, 1.807) is 0 Å². The lowest BCUT2D eigenvalue weighted by molar-refractivity contribution is 0.181. The third-order valence-electron chi connectivity index (χ3n) is 4.05. The number of hydrogen-bond acceptors (Lipinski definition) is 2. The molecule has 106 valence electrons. The minimum atomic E-state index is 0.591. The van der Waals surface area contributed by atoms with E-state index >= 15 is 0 Å². The Morgan fingerprint density at radius 3 is 2.89 bits per heavy atom. The molecule has 0 aliphatic carbocycles. The summed E-state index contributed by atoms with van der Waals surface area (Å²) in [6.45, 7) is 7.47. The van der Waals surface area contributed by atoms with Crippen LogP contribution in [0.4, 0.5) is 0 Å². The highest BCUT2D eigenvalue weighted by Crippen LogP contribution is 2.21. The van der Waals surface area contributed by atoms with Crippen molar-refractivity contribution in [2.75, 3.05) is 19.8 Å². The number of rotatable bonds is 7. The fraction of sp³-hybridized carbons (Fsp3) is 0.647. The molecule has 1 aliphatic rings. The lowest BCUT2D eigenvalue weighted by atomic mass is 9.93. The van der Waals surface area contributed by atoms with Gasteiger partial charge in [0.15, 0.2) is 0 Å². The number of hydrogen-bond donors (Lipinski definition) is 1. The summed E-state index contributed by atoms with van der Waals surface area (Å²) in [5.41, 5.74) is 2.89. The Bertz CT molecular complexity index is 371. The predicted octanol–water partition coefficient (Wildman–Crippen LogP) is 3.33. The first-order valence-electron chi connectivity index (χ1n) is 7.65. The lowest BCUT2D eigenvalue weighted by Crippen LogP contribution is -2.34. The Morgan fingerprint density at radius 2 is 2.21 bits per heavy atom. The molecule has 1 fully saturated rings. The van der Waals surface area contributed by atoms with Crippen LogP contribution in [0.15, 0.2) is 24.3 Å². The number of benzene rings is 1. The van der Waals surface area contributed by atoms with Crippen molar-refractivity contribution < 1.29 is 4.74 Å². The van der Waals surface area contributed by atoms with Crippen molar-refractivity contribution in [1.29, 1.82) is 0 Å². The summed E-state index contributed by atoms with van der Waals surface area (Å²) in [4.78, 5) is 0. The maximum Gasteiger partial charge on any atom is 0.0495 e. The van der Waals surface area contributed by atoms with Gasteiger partial charge in [0, 0.05) is 19.3 Å². The average Bonchev–Trinajstić information content (AvgIpc) is 2.91. The predicted molar refractivity (Wildman–Crippen MR) is 80.5 cm³/mol. The molecule has 2 atom stereocenters. The Balaban J connectivity index is 1.94. The molecule has 19 heavy (non-hydrogen) atoms. The van der Waals surface area contributed by atoms with Crippen LogP contribution in [0.5, 0.6) is 0 Å². The Morgan fingerprint density at radius 1 is 1.37 bits per heavy atom. The van der Waals surface area contributed by atoms with E-state index in [0.717, 1.165) is 32.1 Å². The lowest BCUT2D eigenvalue weighted by Gasteiger charge is -2.22. The molecule has 0 bridgehead atoms. The molecular formula is C17H27NO. The topological polar surface area (TPSA) is 21.3 Å². The molecule has 2 heteroatoms. The van der Waals surface area contributed by atoms with Gasteiger partial charge < -0.3 is 10.1 Å². The normalized spacial score (nSPS) is 20.6. The van der Waals surface area contributed by atoms with Gasteiger partial charge in [-0.15, -0.1) is 0 Å². The number of nitrogens with one attached hydrogen (secondary N) is 1. The standard InChI is InChI=1S/C17H27NO/c1-3-9-18-17(11-15-8-10-19-13-15)12-16-7-5-4-6-14(16)2/h4-7,15,17-18H,3,8-13H2,1-2H3. The molecule has 0 radical (unpaired) electrons. The first-order chi connectivity index (χ1) is 9.29. The van der Waals surface area contributed by atoms with Gasteiger partial charge in [0.25, 0.3) is 0 Å². The first kappa shape index (κ1) is 14.5. The van der Waals surface area contributed by atoms with Crippen molar-refractivity contribution >= 4 is 0 Å². The summed E-state index contributed by atoms with van der Waals surface area (Å²) in [5, 5.41) is 3.72. The molecule has 2 unspecified atom stereocenters. The van der Waals surface area contributed by atoms with Gasteiger partial charge in [0.1, 0.15) is 0 Å². The van der Waals surface area contributed by atoms with E-state index in [0.29, 0.717) is 6.04 Å². The van der Waals surface area contributed by atoms with Crippen LogP contribution in [-0.2, 0) is 11.2 Å². The van der Waals surface area contributed by atoms with Crippen LogP contribution in [-0.4, -0.2) is 25.8 Å². The SMILES string of the molecule is CCCNC(Cc1ccccc1C)CC1CCOC1. The molecule has 1 aromatic rings. The molecular weight excluding hydrogens is 234 g/mol. The van der Waals surface area contributed by atoms with Crippen LogP contribution in [0.1, 0.15) is 37.3 Å². The van der Waals surface area contributed by atoms with Crippen molar-refractivity contribution in [2.24, 2.45) is 5.92 Å². The van der Waals surface area contributed by atoms with E-state index in [-0.39, 0.29) is 0 Å². The molecule has 2 rings (SSSR count). The van der Waals surface area contributed by atoms with Crippen LogP contribution in [0.25, 0.3) is 0 Å². The Labute approximate surface area is 117 Å². The zero-order chi connectivity index (χ0) is 13.5. The summed E-state index contributed by atoms with van der Waals surface area (Å²) in [6.07, 6.45) is 4.82. The molecule has 1 aromatic carbocycles. The maximum atomic E-state index is 5.51. The van der Waals surface area contributed by atoms with Crippen LogP contribution in [0.3, 0.4) is 0 Å². The molecule has 0 saturated carbocycles. The molecule has 1 aliphatic heterocycles. The van der Waals surface area contributed by atoms with E-state index < -0.39 is 0 Å². The van der Waals surface area contributed by atoms with Crippen molar-refractivity contribution in [3.05, 3.63) is 35.4 Å². The van der Waals surface area contributed by atoms with Crippen molar-refractivity contribution in [3.8, 4) is 0 Å². The van der Waals surface area contributed by atoms with Crippen LogP contribution >= 0.6 is 0 Å². The van der Waals surface area contributed by atoms with E-state index in [4.69, 9.17) is 4.74 Å². The van der Waals surface area contributed by atoms with Crippen LogP contribution < -0.4 is 5.32 Å². The highest BCUT2D eigenvalue weighted by molar-refractivity contribution is 5.26. The molecule has 0 spiro atoms. The first-order valence-corrected chi connectivity index (χ1v) is 7.65. The molecule has 1 N–H and O–H groups in total. The largest absolute Gasteiger partial charge is 0.381 e. The summed E-state index contributed by atoms with van der Waals surface area (Å²) in [6, 6.07) is 9.34. The van der Waals surface area contributed by atoms with Crippen molar-refractivity contribution in [2.45, 2.75) is 45.6 Å². The highest BCUT2D eigenvalue weighted by Gasteiger charge is 2.20. The van der Waals surface area contributed by atoms with E-state index in [1.165, 1.54) is 30.4 Å². The van der Waals surface area contributed by atoms with Crippen molar-refractivity contribution in [1.82, 2.24) is 5.32 Å². The quantitative estimate of drug-likeness (QED) is 0.813. The summed E-state index contributed by atoms with van der Waals surface area (Å²) < 4.78 is 5.51. The van der Waals surface area contributed by atoms with Gasteiger partial charge in [-0.25, -0.2) is 0 Å². The third kappa shape index (κ3) is 4.63. The van der Waals surface area contributed by atoms with Crippen LogP contribution in [0, 0.1) is 12.8 Å². The molecule has 2 nitrogen and oxygen atoms in total. The summed E-state index contributed by atoms with van der Waals surface area (Å²) in [5.74, 6) is 0.748.